The molecule has 0 radical (unpaired) electrons. The maximum atomic E-state index is 10.9. The lowest BCUT2D eigenvalue weighted by Crippen LogP contribution is -2.38. The van der Waals surface area contributed by atoms with Crippen molar-refractivity contribution in [3.8, 4) is 0 Å². The Kier molecular flexibility index (Phi) is 9.43. The molecular weight excluding hydrogens is 220 g/mol. The van der Waals surface area contributed by atoms with Gasteiger partial charge in [-0.1, -0.05) is 32.6 Å². The van der Waals surface area contributed by atoms with E-state index in [4.69, 9.17) is 10.8 Å². The summed E-state index contributed by atoms with van der Waals surface area (Å²) in [6.07, 6.45) is 6.08. The molecule has 0 saturated carbocycles. The number of nitrogens with one attached hydrogen (secondary N) is 1. The van der Waals surface area contributed by atoms with Crippen molar-refractivity contribution in [2.75, 3.05) is 6.54 Å². The smallest absolute Gasteiger partial charge is 0.320 e. The SMILES string of the molecule is CCCCCCCNC(CCC(N)=O)C(=O)O. The monoisotopic (exact) mass is 244 g/mol. The number of unbranched alkanes of at least 4 members (excludes halogenated alkanes) is 4. The first kappa shape index (κ1) is 15.9. The fourth-order valence-electron chi connectivity index (χ4n) is 1.60. The molecule has 0 aliphatic rings. The summed E-state index contributed by atoms with van der Waals surface area (Å²) < 4.78 is 0. The fourth-order valence-corrected chi connectivity index (χ4v) is 1.60. The van der Waals surface area contributed by atoms with Crippen molar-refractivity contribution in [2.45, 2.75) is 57.9 Å². The number of carbonyl (C=O) groups is 2. The van der Waals surface area contributed by atoms with Gasteiger partial charge in [0.15, 0.2) is 0 Å². The molecule has 0 aromatic heterocycles. The van der Waals surface area contributed by atoms with Crippen LogP contribution in [0.1, 0.15) is 51.9 Å². The highest BCUT2D eigenvalue weighted by Crippen LogP contribution is 2.02. The van der Waals surface area contributed by atoms with Crippen molar-refractivity contribution >= 4 is 11.9 Å². The molecule has 0 bridgehead atoms. The molecular formula is C12H24N2O3. The maximum Gasteiger partial charge on any atom is 0.320 e. The molecule has 1 atom stereocenters. The van der Waals surface area contributed by atoms with E-state index in [1.54, 1.807) is 0 Å². The van der Waals surface area contributed by atoms with E-state index in [1.807, 2.05) is 0 Å². The standard InChI is InChI=1S/C12H24N2O3/c1-2-3-4-5-6-9-14-10(12(16)17)7-8-11(13)15/h10,14H,2-9H2,1H3,(H2,13,15)(H,16,17). The van der Waals surface area contributed by atoms with Gasteiger partial charge in [0.25, 0.3) is 0 Å². The third kappa shape index (κ3) is 9.81. The number of carbonyl (C=O) groups excluding carboxylic acids is 1. The number of hydrogen-bond donors (Lipinski definition) is 3. The Hall–Kier alpha value is -1.10. The zero-order valence-electron chi connectivity index (χ0n) is 10.6. The lowest BCUT2D eigenvalue weighted by Gasteiger charge is -2.13. The van der Waals surface area contributed by atoms with E-state index in [0.29, 0.717) is 6.54 Å². The molecule has 0 spiro atoms. The number of aliphatic carboxylic acids is 1. The summed E-state index contributed by atoms with van der Waals surface area (Å²) in [6, 6.07) is -0.659. The highest BCUT2D eigenvalue weighted by molar-refractivity contribution is 5.77. The van der Waals surface area contributed by atoms with Gasteiger partial charge in [-0.05, 0) is 19.4 Å². The lowest BCUT2D eigenvalue weighted by molar-refractivity contribution is -0.139. The first-order valence-electron chi connectivity index (χ1n) is 6.32. The third-order valence-electron chi connectivity index (χ3n) is 2.65. The zero-order valence-corrected chi connectivity index (χ0v) is 10.6. The van der Waals surface area contributed by atoms with Gasteiger partial charge in [-0.25, -0.2) is 0 Å². The molecule has 0 heterocycles. The Morgan fingerprint density at radius 2 is 1.88 bits per heavy atom. The van der Waals surface area contributed by atoms with Gasteiger partial charge in [-0.3, -0.25) is 9.59 Å². The van der Waals surface area contributed by atoms with Gasteiger partial charge < -0.3 is 16.2 Å². The highest BCUT2D eigenvalue weighted by Gasteiger charge is 2.16. The molecule has 0 aliphatic heterocycles. The second-order valence-electron chi connectivity index (χ2n) is 4.26. The number of nitrogens with two attached hydrogens (primary N) is 1. The van der Waals surface area contributed by atoms with Crippen molar-refractivity contribution < 1.29 is 14.7 Å². The number of hydrogen-bond acceptors (Lipinski definition) is 3. The van der Waals surface area contributed by atoms with Gasteiger partial charge in [-0.2, -0.15) is 0 Å². The number of carboxylic acids is 1. The molecule has 1 amide bonds. The van der Waals surface area contributed by atoms with Crippen LogP contribution in [-0.4, -0.2) is 29.6 Å². The topological polar surface area (TPSA) is 92.4 Å². The molecule has 0 rings (SSSR count). The van der Waals surface area contributed by atoms with Crippen molar-refractivity contribution in [3.05, 3.63) is 0 Å². The summed E-state index contributed by atoms with van der Waals surface area (Å²) in [5, 5.41) is 11.9. The first-order chi connectivity index (χ1) is 8.07. The molecule has 100 valence electrons. The van der Waals surface area contributed by atoms with E-state index in [-0.39, 0.29) is 12.8 Å². The molecule has 1 unspecified atom stereocenters. The molecule has 0 aromatic rings. The van der Waals surface area contributed by atoms with Gasteiger partial charge in [-0.15, -0.1) is 0 Å². The van der Waals surface area contributed by atoms with Crippen molar-refractivity contribution in [2.24, 2.45) is 5.73 Å². The molecule has 5 heteroatoms. The van der Waals surface area contributed by atoms with Gasteiger partial charge in [0.05, 0.1) is 0 Å². The van der Waals surface area contributed by atoms with Crippen molar-refractivity contribution in [1.82, 2.24) is 5.32 Å². The fraction of sp³-hybridized carbons (Fsp3) is 0.833. The third-order valence-corrected chi connectivity index (χ3v) is 2.65. The van der Waals surface area contributed by atoms with E-state index in [9.17, 15) is 9.59 Å². The molecule has 0 fully saturated rings. The van der Waals surface area contributed by atoms with E-state index < -0.39 is 17.9 Å². The van der Waals surface area contributed by atoms with Crippen LogP contribution >= 0.6 is 0 Å². The maximum absolute atomic E-state index is 10.9. The van der Waals surface area contributed by atoms with Gasteiger partial charge in [0.1, 0.15) is 6.04 Å². The number of amides is 1. The summed E-state index contributed by atoms with van der Waals surface area (Å²) in [5.41, 5.74) is 4.99. The Bertz CT molecular complexity index is 232. The minimum atomic E-state index is -0.917. The zero-order chi connectivity index (χ0) is 13.1. The minimum Gasteiger partial charge on any atom is -0.480 e. The molecule has 0 saturated heterocycles. The van der Waals surface area contributed by atoms with E-state index in [0.717, 1.165) is 12.8 Å². The van der Waals surface area contributed by atoms with Gasteiger partial charge in [0, 0.05) is 6.42 Å². The first-order valence-corrected chi connectivity index (χ1v) is 6.32. The quantitative estimate of drug-likeness (QED) is 0.477. The normalized spacial score (nSPS) is 12.3. The van der Waals surface area contributed by atoms with Gasteiger partial charge >= 0.3 is 5.97 Å². The highest BCUT2D eigenvalue weighted by atomic mass is 16.4. The molecule has 0 aliphatic carbocycles. The van der Waals surface area contributed by atoms with Crippen LogP contribution in [0, 0.1) is 0 Å². The second kappa shape index (κ2) is 10.1. The average Bonchev–Trinajstić information content (AvgIpc) is 2.26. The minimum absolute atomic E-state index is 0.111. The Morgan fingerprint density at radius 1 is 1.24 bits per heavy atom. The summed E-state index contributed by atoms with van der Waals surface area (Å²) in [5.74, 6) is -1.37. The van der Waals surface area contributed by atoms with E-state index in [2.05, 4.69) is 12.2 Å². The molecule has 4 N–H and O–H groups in total. The largest absolute Gasteiger partial charge is 0.480 e. The van der Waals surface area contributed by atoms with Crippen LogP contribution in [0.15, 0.2) is 0 Å². The Balaban J connectivity index is 3.63. The summed E-state index contributed by atoms with van der Waals surface area (Å²) >= 11 is 0. The predicted octanol–water partition coefficient (Wildman–Crippen LogP) is 1.27. The van der Waals surface area contributed by atoms with Crippen LogP contribution < -0.4 is 11.1 Å². The second-order valence-corrected chi connectivity index (χ2v) is 4.26. The van der Waals surface area contributed by atoms with E-state index in [1.165, 1.54) is 19.3 Å². The van der Waals surface area contributed by atoms with Crippen molar-refractivity contribution in [3.63, 3.8) is 0 Å². The van der Waals surface area contributed by atoms with Crippen LogP contribution in [0.4, 0.5) is 0 Å². The van der Waals surface area contributed by atoms with E-state index >= 15 is 0 Å². The lowest BCUT2D eigenvalue weighted by atomic mass is 10.1. The summed E-state index contributed by atoms with van der Waals surface area (Å²) in [7, 11) is 0. The van der Waals surface area contributed by atoms with Crippen molar-refractivity contribution in [1.29, 1.82) is 0 Å². The number of rotatable bonds is 11. The van der Waals surface area contributed by atoms with Crippen LogP contribution in [0.3, 0.4) is 0 Å². The Morgan fingerprint density at radius 3 is 2.41 bits per heavy atom. The molecule has 17 heavy (non-hydrogen) atoms. The molecule has 0 aromatic carbocycles. The van der Waals surface area contributed by atoms with Crippen LogP contribution in [-0.2, 0) is 9.59 Å². The van der Waals surface area contributed by atoms with Crippen LogP contribution in [0.25, 0.3) is 0 Å². The molecule has 5 nitrogen and oxygen atoms in total. The van der Waals surface area contributed by atoms with Crippen LogP contribution in [0.2, 0.25) is 0 Å². The number of primary amides is 1. The predicted molar refractivity (Wildman–Crippen MR) is 66.6 cm³/mol. The average molecular weight is 244 g/mol. The Labute approximate surface area is 103 Å². The number of carboxylic acid groups (broad SMARTS) is 1. The summed E-state index contributed by atoms with van der Waals surface area (Å²) in [6.45, 7) is 2.84. The van der Waals surface area contributed by atoms with Crippen LogP contribution in [0.5, 0.6) is 0 Å². The van der Waals surface area contributed by atoms with Gasteiger partial charge in [0.2, 0.25) is 5.91 Å². The summed E-state index contributed by atoms with van der Waals surface area (Å²) in [4.78, 5) is 21.4.